The van der Waals surface area contributed by atoms with E-state index >= 15 is 0 Å². The van der Waals surface area contributed by atoms with Gasteiger partial charge in [-0.1, -0.05) is 19.1 Å². The van der Waals surface area contributed by atoms with Crippen LogP contribution in [0.3, 0.4) is 0 Å². The molecule has 0 atom stereocenters. The van der Waals surface area contributed by atoms with Gasteiger partial charge >= 0.3 is 0 Å². The number of nitrogens with one attached hydrogen (secondary N) is 2. The van der Waals surface area contributed by atoms with Gasteiger partial charge in [0.15, 0.2) is 0 Å². The van der Waals surface area contributed by atoms with Gasteiger partial charge in [0.05, 0.1) is 6.42 Å². The Kier molecular flexibility index (Phi) is 6.50. The Bertz CT molecular complexity index is 376. The fourth-order valence-electron chi connectivity index (χ4n) is 1.42. The molecule has 18 heavy (non-hydrogen) atoms. The zero-order valence-electron chi connectivity index (χ0n) is 10.4. The molecule has 0 aliphatic rings. The number of ether oxygens (including phenoxy) is 1. The van der Waals surface area contributed by atoms with Gasteiger partial charge in [0, 0.05) is 6.54 Å². The molecule has 0 aliphatic heterocycles. The molecule has 0 spiro atoms. The van der Waals surface area contributed by atoms with E-state index in [-0.39, 0.29) is 12.3 Å². The molecule has 0 fully saturated rings. The van der Waals surface area contributed by atoms with E-state index in [0.717, 1.165) is 24.4 Å². The molecule has 0 radical (unpaired) electrons. The van der Waals surface area contributed by atoms with Crippen LogP contribution in [0.15, 0.2) is 24.3 Å². The van der Waals surface area contributed by atoms with Crippen molar-refractivity contribution in [3.05, 3.63) is 29.8 Å². The lowest BCUT2D eigenvalue weighted by molar-refractivity contribution is -0.124. The number of hydrogen-bond donors (Lipinski definition) is 2. The Morgan fingerprint density at radius 2 is 2.06 bits per heavy atom. The maximum Gasteiger partial charge on any atom is 0.230 e. The minimum atomic E-state index is -0.314. The summed E-state index contributed by atoms with van der Waals surface area (Å²) in [6, 6.07) is 7.25. The highest BCUT2D eigenvalue weighted by Gasteiger charge is 2.02. The van der Waals surface area contributed by atoms with E-state index in [9.17, 15) is 9.59 Å². The van der Waals surface area contributed by atoms with Crippen molar-refractivity contribution in [2.24, 2.45) is 0 Å². The highest BCUT2D eigenvalue weighted by Crippen LogP contribution is 2.12. The predicted octanol–water partition coefficient (Wildman–Crippen LogP) is 0.490. The minimum Gasteiger partial charge on any atom is -0.492 e. The zero-order valence-corrected chi connectivity index (χ0v) is 10.4. The molecule has 0 saturated carbocycles. The van der Waals surface area contributed by atoms with E-state index in [1.54, 1.807) is 0 Å². The van der Waals surface area contributed by atoms with Gasteiger partial charge in [-0.2, -0.15) is 0 Å². The summed E-state index contributed by atoms with van der Waals surface area (Å²) in [7, 11) is 0. The molecule has 5 nitrogen and oxygen atoms in total. The Labute approximate surface area is 107 Å². The normalized spacial score (nSPS) is 9.83. The van der Waals surface area contributed by atoms with Crippen molar-refractivity contribution >= 4 is 12.3 Å². The summed E-state index contributed by atoms with van der Waals surface area (Å²) < 4.78 is 5.50. The predicted molar refractivity (Wildman–Crippen MR) is 68.4 cm³/mol. The Hall–Kier alpha value is -1.88. The van der Waals surface area contributed by atoms with Crippen LogP contribution in [0.2, 0.25) is 0 Å². The fraction of sp³-hybridized carbons (Fsp3) is 0.385. The van der Waals surface area contributed by atoms with E-state index in [2.05, 4.69) is 10.6 Å². The van der Waals surface area contributed by atoms with Gasteiger partial charge in [0.25, 0.3) is 0 Å². The first-order valence-corrected chi connectivity index (χ1v) is 5.91. The molecule has 1 aromatic rings. The third-order valence-electron chi connectivity index (χ3n) is 2.31. The fourth-order valence-corrected chi connectivity index (χ4v) is 1.42. The van der Waals surface area contributed by atoms with Gasteiger partial charge in [-0.15, -0.1) is 0 Å². The molecule has 1 rings (SSSR count). The lowest BCUT2D eigenvalue weighted by atomic mass is 10.1. The topological polar surface area (TPSA) is 67.4 Å². The molecule has 0 aromatic heterocycles. The standard InChI is InChI=1S/C13H18N2O3/c1-2-14-7-8-18-12-5-3-11(4-6-12)9-13(17)15-10-16/h3-6,10,14H,2,7-9H2,1H3,(H,15,16,17). The molecule has 0 unspecified atom stereocenters. The summed E-state index contributed by atoms with van der Waals surface area (Å²) in [5.41, 5.74) is 0.841. The molecule has 5 heteroatoms. The second kappa shape index (κ2) is 8.25. The third kappa shape index (κ3) is 5.45. The smallest absolute Gasteiger partial charge is 0.230 e. The number of carbonyl (C=O) groups excluding carboxylic acids is 2. The summed E-state index contributed by atoms with van der Waals surface area (Å²) in [6.45, 7) is 4.38. The lowest BCUT2D eigenvalue weighted by Gasteiger charge is -2.07. The van der Waals surface area contributed by atoms with E-state index < -0.39 is 0 Å². The zero-order chi connectivity index (χ0) is 13.2. The Morgan fingerprint density at radius 3 is 2.67 bits per heavy atom. The second-order valence-corrected chi connectivity index (χ2v) is 3.71. The Morgan fingerprint density at radius 1 is 1.33 bits per heavy atom. The average Bonchev–Trinajstić information content (AvgIpc) is 2.37. The summed E-state index contributed by atoms with van der Waals surface area (Å²) >= 11 is 0. The summed E-state index contributed by atoms with van der Waals surface area (Å²) in [6.07, 6.45) is 0.580. The van der Waals surface area contributed by atoms with Gasteiger partial charge in [-0.25, -0.2) is 0 Å². The molecule has 98 valence electrons. The van der Waals surface area contributed by atoms with Crippen LogP contribution in [-0.2, 0) is 16.0 Å². The van der Waals surface area contributed by atoms with Crippen LogP contribution in [0.25, 0.3) is 0 Å². The van der Waals surface area contributed by atoms with Crippen molar-refractivity contribution < 1.29 is 14.3 Å². The summed E-state index contributed by atoms with van der Waals surface area (Å²) in [4.78, 5) is 21.2. The number of imide groups is 1. The molecule has 1 aromatic carbocycles. The maximum absolute atomic E-state index is 11.2. The van der Waals surface area contributed by atoms with Crippen LogP contribution in [-0.4, -0.2) is 32.0 Å². The average molecular weight is 250 g/mol. The largest absolute Gasteiger partial charge is 0.492 e. The van der Waals surface area contributed by atoms with Crippen LogP contribution in [0.1, 0.15) is 12.5 Å². The Balaban J connectivity index is 2.37. The van der Waals surface area contributed by atoms with Crippen molar-refractivity contribution in [1.29, 1.82) is 0 Å². The highest BCUT2D eigenvalue weighted by atomic mass is 16.5. The number of likely N-dealkylation sites (N-methyl/N-ethyl adjacent to an activating group) is 1. The molecule has 2 amide bonds. The van der Waals surface area contributed by atoms with E-state index in [1.807, 2.05) is 31.2 Å². The first-order chi connectivity index (χ1) is 8.76. The highest BCUT2D eigenvalue weighted by molar-refractivity contribution is 5.87. The van der Waals surface area contributed by atoms with Crippen LogP contribution in [0, 0.1) is 0 Å². The molecular weight excluding hydrogens is 232 g/mol. The van der Waals surface area contributed by atoms with E-state index in [0.29, 0.717) is 13.0 Å². The summed E-state index contributed by atoms with van der Waals surface area (Å²) in [5.74, 6) is 0.457. The van der Waals surface area contributed by atoms with Crippen LogP contribution in [0.4, 0.5) is 0 Å². The van der Waals surface area contributed by atoms with Crippen molar-refractivity contribution in [3.8, 4) is 5.75 Å². The number of rotatable bonds is 8. The maximum atomic E-state index is 11.2. The first kappa shape index (κ1) is 14.2. The van der Waals surface area contributed by atoms with Crippen LogP contribution in [0.5, 0.6) is 5.75 Å². The monoisotopic (exact) mass is 250 g/mol. The van der Waals surface area contributed by atoms with Gasteiger partial charge in [0.2, 0.25) is 12.3 Å². The molecule has 2 N–H and O–H groups in total. The second-order valence-electron chi connectivity index (χ2n) is 3.71. The minimum absolute atomic E-state index is 0.191. The SMILES string of the molecule is CCNCCOc1ccc(CC(=O)NC=O)cc1. The van der Waals surface area contributed by atoms with E-state index in [1.165, 1.54) is 0 Å². The van der Waals surface area contributed by atoms with E-state index in [4.69, 9.17) is 4.74 Å². The third-order valence-corrected chi connectivity index (χ3v) is 2.31. The molecular formula is C13H18N2O3. The summed E-state index contributed by atoms with van der Waals surface area (Å²) in [5, 5.41) is 5.26. The van der Waals surface area contributed by atoms with Gasteiger partial charge in [0.1, 0.15) is 12.4 Å². The van der Waals surface area contributed by atoms with Crippen molar-refractivity contribution in [2.75, 3.05) is 19.7 Å². The molecule has 0 saturated heterocycles. The quantitative estimate of drug-likeness (QED) is 0.520. The molecule has 0 heterocycles. The first-order valence-electron chi connectivity index (χ1n) is 5.91. The van der Waals surface area contributed by atoms with Crippen molar-refractivity contribution in [2.45, 2.75) is 13.3 Å². The van der Waals surface area contributed by atoms with Crippen molar-refractivity contribution in [3.63, 3.8) is 0 Å². The van der Waals surface area contributed by atoms with Gasteiger partial charge < -0.3 is 10.1 Å². The van der Waals surface area contributed by atoms with Crippen LogP contribution >= 0.6 is 0 Å². The number of hydrogen-bond acceptors (Lipinski definition) is 4. The molecule has 0 bridgehead atoms. The van der Waals surface area contributed by atoms with Gasteiger partial charge in [-0.05, 0) is 24.2 Å². The van der Waals surface area contributed by atoms with Crippen LogP contribution < -0.4 is 15.4 Å². The number of benzene rings is 1. The molecule has 0 aliphatic carbocycles. The number of carbonyl (C=O) groups is 2. The van der Waals surface area contributed by atoms with Gasteiger partial charge in [-0.3, -0.25) is 14.9 Å². The lowest BCUT2D eigenvalue weighted by Crippen LogP contribution is -2.23. The van der Waals surface area contributed by atoms with Crippen molar-refractivity contribution in [1.82, 2.24) is 10.6 Å². The number of amides is 2.